The molecule has 0 saturated carbocycles. The number of hydrogen-bond donors (Lipinski definition) is 0. The van der Waals surface area contributed by atoms with Crippen LogP contribution in [0.1, 0.15) is 31.1 Å². The van der Waals surface area contributed by atoms with Crippen LogP contribution in [0.4, 0.5) is 0 Å². The molecule has 1 aromatic rings. The van der Waals surface area contributed by atoms with Crippen LogP contribution in [-0.2, 0) is 0 Å². The van der Waals surface area contributed by atoms with E-state index in [1.165, 1.54) is 0 Å². The second-order valence-electron chi connectivity index (χ2n) is 4.51. The maximum atomic E-state index is 12.1. The summed E-state index contributed by atoms with van der Waals surface area (Å²) in [7, 11) is 1.82. The van der Waals surface area contributed by atoms with Crippen molar-refractivity contribution in [3.8, 4) is 0 Å². The van der Waals surface area contributed by atoms with Gasteiger partial charge in [-0.2, -0.15) is 0 Å². The first-order valence-corrected chi connectivity index (χ1v) is 5.66. The lowest BCUT2D eigenvalue weighted by atomic mass is 10.1. The van der Waals surface area contributed by atoms with Gasteiger partial charge in [-0.05, 0) is 48.8 Å². The number of benzene rings is 1. The smallest absolute Gasteiger partial charge is 0.255 e. The number of rotatable bonds is 1. The number of amides is 1. The first kappa shape index (κ1) is 12.2. The Kier molecular flexibility index (Phi) is 3.55. The maximum absolute atomic E-state index is 12.1. The van der Waals surface area contributed by atoms with E-state index in [2.05, 4.69) is 15.9 Å². The molecule has 0 aliphatic rings. The quantitative estimate of drug-likeness (QED) is 0.766. The largest absolute Gasteiger partial charge is 0.337 e. The molecule has 0 aliphatic carbocycles. The summed E-state index contributed by atoms with van der Waals surface area (Å²) in [5, 5.41) is 0. The molecular formula is C12H16BrNO. The van der Waals surface area contributed by atoms with Crippen molar-refractivity contribution in [3.05, 3.63) is 34.3 Å². The molecule has 0 unspecified atom stereocenters. The predicted octanol–water partition coefficient (Wildman–Crippen LogP) is 3.32. The van der Waals surface area contributed by atoms with Crippen LogP contribution in [-0.4, -0.2) is 23.4 Å². The Bertz CT molecular complexity index is 368. The Hall–Kier alpha value is -0.830. The standard InChI is InChI=1S/C12H16BrNO/c1-12(2,3)14(4)11(15)9-7-5-6-8-10(9)13/h5-8H,1-4H3. The summed E-state index contributed by atoms with van der Waals surface area (Å²) < 4.78 is 0.839. The molecule has 0 heterocycles. The monoisotopic (exact) mass is 269 g/mol. The minimum atomic E-state index is -0.160. The molecule has 0 N–H and O–H groups in total. The summed E-state index contributed by atoms with van der Waals surface area (Å²) in [6.07, 6.45) is 0. The van der Waals surface area contributed by atoms with E-state index in [1.807, 2.05) is 52.1 Å². The van der Waals surface area contributed by atoms with E-state index >= 15 is 0 Å². The SMILES string of the molecule is CN(C(=O)c1ccccc1Br)C(C)(C)C. The normalized spacial score (nSPS) is 11.3. The molecule has 0 saturated heterocycles. The number of halogens is 1. The van der Waals surface area contributed by atoms with Crippen LogP contribution in [0, 0.1) is 0 Å². The van der Waals surface area contributed by atoms with Gasteiger partial charge >= 0.3 is 0 Å². The third-order valence-electron chi connectivity index (χ3n) is 2.42. The molecule has 0 atom stereocenters. The maximum Gasteiger partial charge on any atom is 0.255 e. The second-order valence-corrected chi connectivity index (χ2v) is 5.37. The zero-order valence-corrected chi connectivity index (χ0v) is 11.1. The van der Waals surface area contributed by atoms with Gasteiger partial charge in [0.1, 0.15) is 0 Å². The Morgan fingerprint density at radius 3 is 2.27 bits per heavy atom. The summed E-state index contributed by atoms with van der Waals surface area (Å²) in [5.74, 6) is 0.0370. The topological polar surface area (TPSA) is 20.3 Å². The zero-order chi connectivity index (χ0) is 11.6. The van der Waals surface area contributed by atoms with Gasteiger partial charge < -0.3 is 4.90 Å². The predicted molar refractivity (Wildman–Crippen MR) is 66.0 cm³/mol. The van der Waals surface area contributed by atoms with Gasteiger partial charge in [-0.15, -0.1) is 0 Å². The van der Waals surface area contributed by atoms with Crippen molar-refractivity contribution < 1.29 is 4.79 Å². The minimum Gasteiger partial charge on any atom is -0.337 e. The number of nitrogens with zero attached hydrogens (tertiary/aromatic N) is 1. The first-order valence-electron chi connectivity index (χ1n) is 4.86. The first-order chi connectivity index (χ1) is 6.84. The van der Waals surface area contributed by atoms with Gasteiger partial charge in [-0.3, -0.25) is 4.79 Å². The molecule has 1 aromatic carbocycles. The van der Waals surface area contributed by atoms with Crippen LogP contribution in [0.5, 0.6) is 0 Å². The van der Waals surface area contributed by atoms with Gasteiger partial charge in [0.2, 0.25) is 0 Å². The molecule has 2 nitrogen and oxygen atoms in total. The average molecular weight is 270 g/mol. The fraction of sp³-hybridized carbons (Fsp3) is 0.417. The lowest BCUT2D eigenvalue weighted by Gasteiger charge is -2.32. The zero-order valence-electron chi connectivity index (χ0n) is 9.54. The van der Waals surface area contributed by atoms with E-state index < -0.39 is 0 Å². The minimum absolute atomic E-state index is 0.0370. The molecule has 1 amide bonds. The highest BCUT2D eigenvalue weighted by Crippen LogP contribution is 2.21. The molecule has 0 aromatic heterocycles. The molecule has 0 radical (unpaired) electrons. The van der Waals surface area contributed by atoms with Gasteiger partial charge in [-0.25, -0.2) is 0 Å². The van der Waals surface area contributed by atoms with E-state index in [1.54, 1.807) is 4.90 Å². The molecule has 0 spiro atoms. The van der Waals surface area contributed by atoms with Crippen molar-refractivity contribution in [2.75, 3.05) is 7.05 Å². The van der Waals surface area contributed by atoms with Crippen LogP contribution in [0.25, 0.3) is 0 Å². The van der Waals surface area contributed by atoms with Crippen LogP contribution >= 0.6 is 15.9 Å². The van der Waals surface area contributed by atoms with Crippen LogP contribution in [0.2, 0.25) is 0 Å². The molecule has 15 heavy (non-hydrogen) atoms. The Morgan fingerprint density at radius 2 is 1.80 bits per heavy atom. The molecule has 0 aliphatic heterocycles. The Balaban J connectivity index is 3.01. The average Bonchev–Trinajstić information content (AvgIpc) is 2.15. The lowest BCUT2D eigenvalue weighted by molar-refractivity contribution is 0.0655. The number of carbonyl (C=O) groups is 1. The van der Waals surface area contributed by atoms with E-state index in [4.69, 9.17) is 0 Å². The number of carbonyl (C=O) groups excluding carboxylic acids is 1. The molecule has 3 heteroatoms. The lowest BCUT2D eigenvalue weighted by Crippen LogP contribution is -2.42. The van der Waals surface area contributed by atoms with E-state index in [0.29, 0.717) is 5.56 Å². The van der Waals surface area contributed by atoms with Crippen LogP contribution in [0.15, 0.2) is 28.7 Å². The molecule has 82 valence electrons. The highest BCUT2D eigenvalue weighted by Gasteiger charge is 2.24. The molecule has 1 rings (SSSR count). The van der Waals surface area contributed by atoms with E-state index in [0.717, 1.165) is 4.47 Å². The van der Waals surface area contributed by atoms with Gasteiger partial charge in [-0.1, -0.05) is 12.1 Å². The molecular weight excluding hydrogens is 254 g/mol. The van der Waals surface area contributed by atoms with Crippen molar-refractivity contribution in [3.63, 3.8) is 0 Å². The van der Waals surface area contributed by atoms with Crippen molar-refractivity contribution in [2.45, 2.75) is 26.3 Å². The van der Waals surface area contributed by atoms with Gasteiger partial charge in [0.05, 0.1) is 5.56 Å². The summed E-state index contributed by atoms with van der Waals surface area (Å²) in [6.45, 7) is 6.05. The summed E-state index contributed by atoms with van der Waals surface area (Å²) >= 11 is 3.38. The third-order valence-corrected chi connectivity index (χ3v) is 3.11. The van der Waals surface area contributed by atoms with Crippen molar-refractivity contribution >= 4 is 21.8 Å². The van der Waals surface area contributed by atoms with Crippen molar-refractivity contribution in [2.24, 2.45) is 0 Å². The van der Waals surface area contributed by atoms with Crippen LogP contribution < -0.4 is 0 Å². The fourth-order valence-corrected chi connectivity index (χ4v) is 1.57. The Morgan fingerprint density at radius 1 is 1.27 bits per heavy atom. The van der Waals surface area contributed by atoms with E-state index in [9.17, 15) is 4.79 Å². The summed E-state index contributed by atoms with van der Waals surface area (Å²) in [4.78, 5) is 13.9. The summed E-state index contributed by atoms with van der Waals surface area (Å²) in [6, 6.07) is 7.48. The molecule has 0 fully saturated rings. The third kappa shape index (κ3) is 2.81. The number of hydrogen-bond acceptors (Lipinski definition) is 1. The highest BCUT2D eigenvalue weighted by molar-refractivity contribution is 9.10. The molecule has 0 bridgehead atoms. The van der Waals surface area contributed by atoms with Crippen molar-refractivity contribution in [1.29, 1.82) is 0 Å². The van der Waals surface area contributed by atoms with E-state index in [-0.39, 0.29) is 11.4 Å². The van der Waals surface area contributed by atoms with Gasteiger partial charge in [0, 0.05) is 17.1 Å². The Labute approximate surface area is 99.4 Å². The highest BCUT2D eigenvalue weighted by atomic mass is 79.9. The van der Waals surface area contributed by atoms with Crippen molar-refractivity contribution in [1.82, 2.24) is 4.90 Å². The second kappa shape index (κ2) is 4.35. The fourth-order valence-electron chi connectivity index (χ4n) is 1.12. The van der Waals surface area contributed by atoms with Crippen LogP contribution in [0.3, 0.4) is 0 Å². The van der Waals surface area contributed by atoms with Gasteiger partial charge in [0.15, 0.2) is 0 Å². The summed E-state index contributed by atoms with van der Waals surface area (Å²) in [5.41, 5.74) is 0.543. The van der Waals surface area contributed by atoms with Gasteiger partial charge in [0.25, 0.3) is 5.91 Å².